The van der Waals surface area contributed by atoms with Crippen LogP contribution in [0, 0.1) is 0 Å². The lowest BCUT2D eigenvalue weighted by Crippen LogP contribution is -2.27. The van der Waals surface area contributed by atoms with E-state index in [9.17, 15) is 4.55 Å². The summed E-state index contributed by atoms with van der Waals surface area (Å²) in [7, 11) is 5.20. The van der Waals surface area contributed by atoms with E-state index in [1.165, 1.54) is 0 Å². The summed E-state index contributed by atoms with van der Waals surface area (Å²) < 4.78 is 25.6. The number of hydrogen-bond acceptors (Lipinski definition) is 5. The van der Waals surface area contributed by atoms with Crippen molar-refractivity contribution in [2.24, 2.45) is 0 Å². The van der Waals surface area contributed by atoms with Crippen molar-refractivity contribution in [1.82, 2.24) is 5.32 Å². The lowest BCUT2D eigenvalue weighted by molar-refractivity contribution is 0.193. The van der Waals surface area contributed by atoms with Crippen molar-refractivity contribution in [3.63, 3.8) is 0 Å². The second kappa shape index (κ2) is 8.10. The molecule has 2 unspecified atom stereocenters. The molecule has 1 aliphatic rings. The third kappa shape index (κ3) is 3.48. The van der Waals surface area contributed by atoms with Gasteiger partial charge in [0, 0.05) is 24.8 Å². The number of hydrogen-bond donors (Lipinski definition) is 1. The van der Waals surface area contributed by atoms with Crippen molar-refractivity contribution < 1.29 is 14.0 Å². The lowest BCUT2D eigenvalue weighted by atomic mass is 9.96. The topological polar surface area (TPSA) is 56.8 Å². The molecular weight excluding hydrogens is 336 g/mol. The second-order valence-corrected chi connectivity index (χ2v) is 7.40. The summed E-state index contributed by atoms with van der Waals surface area (Å²) in [6.07, 6.45) is 0.910. The highest BCUT2D eigenvalue weighted by Crippen LogP contribution is 2.44. The number of methoxy groups -OCH3 is 2. The zero-order valence-corrected chi connectivity index (χ0v) is 15.6. The molecule has 2 aromatic carbocycles. The molecule has 25 heavy (non-hydrogen) atoms. The maximum Gasteiger partial charge on any atom is 0.185 e. The summed E-state index contributed by atoms with van der Waals surface area (Å²) in [4.78, 5) is 0.826. The Morgan fingerprint density at radius 3 is 2.64 bits per heavy atom. The highest BCUT2D eigenvalue weighted by Gasteiger charge is 2.36. The van der Waals surface area contributed by atoms with Gasteiger partial charge >= 0.3 is 0 Å². The number of para-hydroxylation sites is 1. The number of fused-ring (bicyclic) bond motifs is 2. The van der Waals surface area contributed by atoms with Crippen molar-refractivity contribution in [2.75, 3.05) is 38.7 Å². The summed E-state index contributed by atoms with van der Waals surface area (Å²) in [6.45, 7) is 1.51. The van der Waals surface area contributed by atoms with Crippen LogP contribution >= 0.6 is 0 Å². The third-order valence-corrected chi connectivity index (χ3v) is 5.84. The number of benzene rings is 2. The van der Waals surface area contributed by atoms with Crippen LogP contribution in [0.25, 0.3) is 0 Å². The van der Waals surface area contributed by atoms with Crippen molar-refractivity contribution in [1.29, 1.82) is 0 Å². The predicted octanol–water partition coefficient (Wildman–Crippen LogP) is 2.88. The smallest absolute Gasteiger partial charge is 0.185 e. The Labute approximate surface area is 152 Å². The quantitative estimate of drug-likeness (QED) is 0.634. The van der Waals surface area contributed by atoms with E-state index in [0.29, 0.717) is 6.61 Å². The first kappa shape index (κ1) is 18.1. The van der Waals surface area contributed by atoms with Crippen molar-refractivity contribution in [2.45, 2.75) is 17.4 Å². The third-order valence-electron chi connectivity index (χ3n) is 4.42. The Balaban J connectivity index is 2.09. The Hall–Kier alpha value is -1.73. The van der Waals surface area contributed by atoms with Crippen LogP contribution in [0.3, 0.4) is 0 Å². The normalized spacial score (nSPS) is 19.1. The van der Waals surface area contributed by atoms with Gasteiger partial charge in [-0.25, -0.2) is 0 Å². The maximum atomic E-state index is 13.1. The minimum Gasteiger partial charge on any atom is -0.588 e. The molecule has 0 radical (unpaired) electrons. The summed E-state index contributed by atoms with van der Waals surface area (Å²) in [6, 6.07) is 13.8. The van der Waals surface area contributed by atoms with E-state index >= 15 is 0 Å². The number of rotatable bonds is 6. The first-order chi connectivity index (χ1) is 12.2. The van der Waals surface area contributed by atoms with E-state index in [0.717, 1.165) is 40.4 Å². The molecule has 0 amide bonds. The zero-order valence-electron chi connectivity index (χ0n) is 14.8. The minimum absolute atomic E-state index is 0.0490. The molecule has 2 aromatic rings. The predicted molar refractivity (Wildman–Crippen MR) is 101 cm³/mol. The van der Waals surface area contributed by atoms with Crippen LogP contribution in [-0.2, 0) is 16.1 Å². The van der Waals surface area contributed by atoms with Crippen LogP contribution in [0.2, 0.25) is 0 Å². The monoisotopic (exact) mass is 360 g/mol. The first-order valence-corrected chi connectivity index (χ1v) is 9.43. The standard InChI is InChI=1S/C19H24N2O3S/c1-21-19-15(9-6-10-16(19)24-3)18(20-12-7-13-23-2)14-8-4-5-11-17(14)25(21)22/h4-6,8-11,18,20H,7,12-13H2,1-3H3. The zero-order chi connectivity index (χ0) is 17.8. The van der Waals surface area contributed by atoms with E-state index in [-0.39, 0.29) is 6.04 Å². The van der Waals surface area contributed by atoms with Crippen LogP contribution in [0.15, 0.2) is 47.4 Å². The van der Waals surface area contributed by atoms with E-state index in [1.54, 1.807) is 18.5 Å². The van der Waals surface area contributed by atoms with Gasteiger partial charge in [-0.2, -0.15) is 4.31 Å². The fourth-order valence-corrected chi connectivity index (χ4v) is 4.47. The molecule has 5 nitrogen and oxygen atoms in total. The van der Waals surface area contributed by atoms with Gasteiger partial charge in [0.25, 0.3) is 0 Å². The van der Waals surface area contributed by atoms with Crippen molar-refractivity contribution >= 4 is 17.0 Å². The molecule has 0 saturated carbocycles. The number of nitrogens with one attached hydrogen (secondary N) is 1. The molecule has 2 atom stereocenters. The minimum atomic E-state index is -1.29. The number of nitrogens with zero attached hydrogens (tertiary/aromatic N) is 1. The molecule has 0 aliphatic carbocycles. The SMILES string of the molecule is COCCCNC1c2ccccc2[S+]([O-])N(C)c2c(OC)cccc21. The summed E-state index contributed by atoms with van der Waals surface area (Å²) in [5, 5.41) is 3.60. The fourth-order valence-electron chi connectivity index (χ4n) is 3.23. The maximum absolute atomic E-state index is 13.1. The summed E-state index contributed by atoms with van der Waals surface area (Å²) >= 11 is -1.29. The van der Waals surface area contributed by atoms with Gasteiger partial charge in [-0.3, -0.25) is 0 Å². The van der Waals surface area contributed by atoms with Crippen molar-refractivity contribution in [3.8, 4) is 5.75 Å². The molecule has 0 spiro atoms. The van der Waals surface area contributed by atoms with Gasteiger partial charge in [-0.05, 0) is 25.1 Å². The average molecular weight is 360 g/mol. The van der Waals surface area contributed by atoms with Gasteiger partial charge in [-0.1, -0.05) is 30.3 Å². The molecule has 0 aromatic heterocycles. The van der Waals surface area contributed by atoms with E-state index < -0.39 is 11.4 Å². The van der Waals surface area contributed by atoms with Gasteiger partial charge in [0.05, 0.1) is 20.2 Å². The molecule has 0 bridgehead atoms. The Morgan fingerprint density at radius 2 is 1.88 bits per heavy atom. The Bertz CT molecular complexity index is 726. The van der Waals surface area contributed by atoms with Gasteiger partial charge < -0.3 is 19.3 Å². The number of anilines is 1. The molecule has 1 N–H and O–H groups in total. The average Bonchev–Trinajstić information content (AvgIpc) is 2.74. The molecule has 1 heterocycles. The van der Waals surface area contributed by atoms with Crippen molar-refractivity contribution in [3.05, 3.63) is 53.6 Å². The van der Waals surface area contributed by atoms with Gasteiger partial charge in [0.15, 0.2) is 4.90 Å². The molecule has 3 rings (SSSR count). The highest BCUT2D eigenvalue weighted by molar-refractivity contribution is 7.92. The van der Waals surface area contributed by atoms with Gasteiger partial charge in [0.2, 0.25) is 0 Å². The Kier molecular flexibility index (Phi) is 5.86. The van der Waals surface area contributed by atoms with Crippen LogP contribution in [0.4, 0.5) is 5.69 Å². The van der Waals surface area contributed by atoms with Crippen LogP contribution in [0.5, 0.6) is 5.75 Å². The summed E-state index contributed by atoms with van der Waals surface area (Å²) in [5.74, 6) is 0.727. The molecule has 0 fully saturated rings. The molecular formula is C19H24N2O3S. The first-order valence-electron chi connectivity index (χ1n) is 8.32. The van der Waals surface area contributed by atoms with Gasteiger partial charge in [-0.15, -0.1) is 0 Å². The van der Waals surface area contributed by atoms with Crippen LogP contribution < -0.4 is 14.4 Å². The highest BCUT2D eigenvalue weighted by atomic mass is 32.2. The second-order valence-electron chi connectivity index (χ2n) is 5.92. The van der Waals surface area contributed by atoms with Crippen LogP contribution in [-0.4, -0.2) is 39.0 Å². The van der Waals surface area contributed by atoms with E-state index in [1.807, 2.05) is 43.4 Å². The molecule has 6 heteroatoms. The lowest BCUT2D eigenvalue weighted by Gasteiger charge is -2.23. The largest absolute Gasteiger partial charge is 0.588 e. The Morgan fingerprint density at radius 1 is 1.12 bits per heavy atom. The summed E-state index contributed by atoms with van der Waals surface area (Å²) in [5.41, 5.74) is 2.97. The van der Waals surface area contributed by atoms with Crippen LogP contribution in [0.1, 0.15) is 23.6 Å². The fraction of sp³-hybridized carbons (Fsp3) is 0.368. The molecule has 134 valence electrons. The van der Waals surface area contributed by atoms with E-state index in [2.05, 4.69) is 11.4 Å². The number of ether oxygens (including phenoxy) is 2. The van der Waals surface area contributed by atoms with Gasteiger partial charge in [0.1, 0.15) is 22.8 Å². The molecule has 0 saturated heterocycles. The molecule has 1 aliphatic heterocycles. The van der Waals surface area contributed by atoms with E-state index in [4.69, 9.17) is 9.47 Å².